The van der Waals surface area contributed by atoms with Crippen molar-refractivity contribution in [2.45, 2.75) is 31.6 Å². The lowest BCUT2D eigenvalue weighted by atomic mass is 10.00. The Hall–Kier alpha value is -2.41. The first-order chi connectivity index (χ1) is 12.9. The molecule has 0 spiro atoms. The molecule has 0 saturated carbocycles. The standard InChI is InChI=1S/C20H20F3NO3/c1-13-9-15-10-17(4-5-18(15)27-13)26-11-14-3-2-7-24(16-6-8-25-12-16)19(14)20(21,22)23/h2-5,7,9-10,16,19H,6,8,11-12H2,1H3. The van der Waals surface area contributed by atoms with E-state index in [1.807, 2.05) is 13.0 Å². The maximum Gasteiger partial charge on any atom is 0.412 e. The van der Waals surface area contributed by atoms with Gasteiger partial charge in [-0.05, 0) is 49.3 Å². The number of fused-ring (bicyclic) bond motifs is 1. The SMILES string of the molecule is Cc1cc2cc(OCC3=CC=CN(C4CCOC4)C3C(F)(F)F)ccc2o1. The molecule has 1 saturated heterocycles. The molecule has 4 nitrogen and oxygen atoms in total. The molecule has 7 heteroatoms. The predicted octanol–water partition coefficient (Wildman–Crippen LogP) is 4.60. The van der Waals surface area contributed by atoms with E-state index in [9.17, 15) is 13.2 Å². The zero-order chi connectivity index (χ0) is 19.0. The summed E-state index contributed by atoms with van der Waals surface area (Å²) in [6.45, 7) is 2.50. The molecule has 2 unspecified atom stereocenters. The van der Waals surface area contributed by atoms with Gasteiger partial charge in [-0.2, -0.15) is 13.2 Å². The number of aryl methyl sites for hydroxylation is 1. The molecule has 4 rings (SSSR count). The molecule has 0 radical (unpaired) electrons. The quantitative estimate of drug-likeness (QED) is 0.778. The van der Waals surface area contributed by atoms with Crippen LogP contribution in [0.1, 0.15) is 12.2 Å². The van der Waals surface area contributed by atoms with E-state index in [0.29, 0.717) is 25.4 Å². The third kappa shape index (κ3) is 3.69. The van der Waals surface area contributed by atoms with Crippen molar-refractivity contribution in [3.05, 3.63) is 54.0 Å². The molecule has 2 aliphatic rings. The van der Waals surface area contributed by atoms with E-state index in [1.54, 1.807) is 24.3 Å². The predicted molar refractivity (Wildman–Crippen MR) is 94.6 cm³/mol. The van der Waals surface area contributed by atoms with Gasteiger partial charge in [0.2, 0.25) is 0 Å². The number of rotatable bonds is 4. The van der Waals surface area contributed by atoms with Crippen LogP contribution >= 0.6 is 0 Å². The first-order valence-electron chi connectivity index (χ1n) is 8.84. The van der Waals surface area contributed by atoms with Gasteiger partial charge in [-0.1, -0.05) is 6.08 Å². The first kappa shape index (κ1) is 18.0. The van der Waals surface area contributed by atoms with Gasteiger partial charge in [-0.15, -0.1) is 0 Å². The molecular weight excluding hydrogens is 359 g/mol. The summed E-state index contributed by atoms with van der Waals surface area (Å²) in [6.07, 6.45) is 0.823. The summed E-state index contributed by atoms with van der Waals surface area (Å²) in [7, 11) is 0. The number of benzene rings is 1. The van der Waals surface area contributed by atoms with Gasteiger partial charge in [0.25, 0.3) is 0 Å². The number of furan rings is 1. The average Bonchev–Trinajstić information content (AvgIpc) is 3.27. The first-order valence-corrected chi connectivity index (χ1v) is 8.84. The van der Waals surface area contributed by atoms with Crippen LogP contribution in [0.4, 0.5) is 13.2 Å². The summed E-state index contributed by atoms with van der Waals surface area (Å²) in [5.74, 6) is 1.28. The van der Waals surface area contributed by atoms with E-state index in [4.69, 9.17) is 13.9 Å². The summed E-state index contributed by atoms with van der Waals surface area (Å²) in [4.78, 5) is 1.36. The lowest BCUT2D eigenvalue weighted by Crippen LogP contribution is -2.51. The van der Waals surface area contributed by atoms with Crippen molar-refractivity contribution in [3.8, 4) is 5.75 Å². The number of ether oxygens (including phenoxy) is 2. The Kier molecular flexibility index (Phi) is 4.63. The minimum absolute atomic E-state index is 0.138. The van der Waals surface area contributed by atoms with Gasteiger partial charge in [0, 0.05) is 18.2 Å². The van der Waals surface area contributed by atoms with Gasteiger partial charge in [-0.25, -0.2) is 0 Å². The summed E-state index contributed by atoms with van der Waals surface area (Å²) in [5, 5.41) is 0.861. The molecule has 1 fully saturated rings. The maximum atomic E-state index is 13.8. The number of alkyl halides is 3. The smallest absolute Gasteiger partial charge is 0.412 e. The lowest BCUT2D eigenvalue weighted by molar-refractivity contribution is -0.173. The van der Waals surface area contributed by atoms with Gasteiger partial charge in [0.05, 0.1) is 12.6 Å². The number of hydrogen-bond donors (Lipinski definition) is 0. The Bertz CT molecular complexity index is 878. The average molecular weight is 379 g/mol. The highest BCUT2D eigenvalue weighted by atomic mass is 19.4. The van der Waals surface area contributed by atoms with Gasteiger partial charge in [0.1, 0.15) is 23.7 Å². The lowest BCUT2D eigenvalue weighted by Gasteiger charge is -2.39. The zero-order valence-corrected chi connectivity index (χ0v) is 14.8. The molecule has 0 bridgehead atoms. The minimum atomic E-state index is -4.39. The highest BCUT2D eigenvalue weighted by molar-refractivity contribution is 5.79. The second kappa shape index (κ2) is 6.96. The second-order valence-corrected chi connectivity index (χ2v) is 6.84. The summed E-state index contributed by atoms with van der Waals surface area (Å²) >= 11 is 0. The van der Waals surface area contributed by atoms with Crippen molar-refractivity contribution < 1.29 is 27.1 Å². The fraction of sp³-hybridized carbons (Fsp3) is 0.400. The van der Waals surface area contributed by atoms with Gasteiger partial charge in [-0.3, -0.25) is 0 Å². The van der Waals surface area contributed by atoms with Gasteiger partial charge < -0.3 is 18.8 Å². The van der Waals surface area contributed by atoms with Crippen LogP contribution in [0.25, 0.3) is 11.0 Å². The van der Waals surface area contributed by atoms with Crippen LogP contribution in [0.3, 0.4) is 0 Å². The highest BCUT2D eigenvalue weighted by Gasteiger charge is 2.48. The molecule has 2 aliphatic heterocycles. The minimum Gasteiger partial charge on any atom is -0.489 e. The van der Waals surface area contributed by atoms with E-state index in [0.717, 1.165) is 16.7 Å². The summed E-state index contributed by atoms with van der Waals surface area (Å²) < 4.78 is 57.9. The molecule has 0 aliphatic carbocycles. The third-order valence-electron chi connectivity index (χ3n) is 4.87. The van der Waals surface area contributed by atoms with Crippen LogP contribution in [-0.4, -0.2) is 43.0 Å². The Morgan fingerprint density at radius 2 is 2.11 bits per heavy atom. The third-order valence-corrected chi connectivity index (χ3v) is 4.87. The number of hydrogen-bond acceptors (Lipinski definition) is 4. The van der Waals surface area contributed by atoms with Crippen LogP contribution in [0.2, 0.25) is 0 Å². The molecule has 0 N–H and O–H groups in total. The summed E-state index contributed by atoms with van der Waals surface area (Å²) in [6, 6.07) is 5.13. The largest absolute Gasteiger partial charge is 0.489 e. The topological polar surface area (TPSA) is 34.8 Å². The fourth-order valence-corrected chi connectivity index (χ4v) is 3.64. The highest BCUT2D eigenvalue weighted by Crippen LogP contribution is 2.35. The Balaban J connectivity index is 1.53. The van der Waals surface area contributed by atoms with Crippen molar-refractivity contribution in [1.29, 1.82) is 0 Å². The maximum absolute atomic E-state index is 13.8. The van der Waals surface area contributed by atoms with E-state index < -0.39 is 12.2 Å². The van der Waals surface area contributed by atoms with Crippen LogP contribution < -0.4 is 4.74 Å². The normalized spacial score (nSPS) is 23.1. The Labute approximate surface area is 154 Å². The molecule has 27 heavy (non-hydrogen) atoms. The van der Waals surface area contributed by atoms with Crippen molar-refractivity contribution in [2.24, 2.45) is 0 Å². The molecule has 1 aromatic carbocycles. The fourth-order valence-electron chi connectivity index (χ4n) is 3.64. The molecule has 3 heterocycles. The number of halogens is 3. The monoisotopic (exact) mass is 379 g/mol. The molecule has 2 aromatic rings. The van der Waals surface area contributed by atoms with E-state index >= 15 is 0 Å². The van der Waals surface area contributed by atoms with Crippen LogP contribution in [0, 0.1) is 6.92 Å². The van der Waals surface area contributed by atoms with E-state index in [-0.39, 0.29) is 18.2 Å². The van der Waals surface area contributed by atoms with Crippen molar-refractivity contribution in [3.63, 3.8) is 0 Å². The summed E-state index contributed by atoms with van der Waals surface area (Å²) in [5.41, 5.74) is 0.903. The van der Waals surface area contributed by atoms with E-state index in [2.05, 4.69) is 0 Å². The van der Waals surface area contributed by atoms with Crippen molar-refractivity contribution in [2.75, 3.05) is 19.8 Å². The van der Waals surface area contributed by atoms with Crippen molar-refractivity contribution >= 4 is 11.0 Å². The van der Waals surface area contributed by atoms with Gasteiger partial charge >= 0.3 is 6.18 Å². The number of nitrogens with zero attached hydrogens (tertiary/aromatic N) is 1. The molecule has 2 atom stereocenters. The van der Waals surface area contributed by atoms with Crippen molar-refractivity contribution in [1.82, 2.24) is 4.90 Å². The van der Waals surface area contributed by atoms with Crippen LogP contribution in [-0.2, 0) is 4.74 Å². The van der Waals surface area contributed by atoms with Gasteiger partial charge in [0.15, 0.2) is 6.04 Å². The Morgan fingerprint density at radius 1 is 1.26 bits per heavy atom. The van der Waals surface area contributed by atoms with Crippen LogP contribution in [0.15, 0.2) is 52.6 Å². The molecular formula is C20H20F3NO3. The van der Waals surface area contributed by atoms with Crippen LogP contribution in [0.5, 0.6) is 5.75 Å². The number of allylic oxidation sites excluding steroid dienone is 2. The molecule has 0 amide bonds. The Morgan fingerprint density at radius 3 is 2.85 bits per heavy atom. The zero-order valence-electron chi connectivity index (χ0n) is 14.8. The molecule has 144 valence electrons. The van der Waals surface area contributed by atoms with E-state index in [1.165, 1.54) is 17.2 Å². The second-order valence-electron chi connectivity index (χ2n) is 6.84. The molecule has 1 aromatic heterocycles.